The molecule has 0 unspecified atom stereocenters. The van der Waals surface area contributed by atoms with Gasteiger partial charge >= 0.3 is 0 Å². The Balaban J connectivity index is 1.45. The molecule has 5 rings (SSSR count). The van der Waals surface area contributed by atoms with Gasteiger partial charge in [-0.15, -0.1) is 0 Å². The number of allylic oxidation sites excluding steroid dienone is 1. The van der Waals surface area contributed by atoms with E-state index in [1.165, 1.54) is 44.9 Å². The molecule has 1 aromatic rings. The van der Waals surface area contributed by atoms with Gasteiger partial charge in [0.2, 0.25) is 0 Å². The van der Waals surface area contributed by atoms with Gasteiger partial charge in [0.1, 0.15) is 0 Å². The second-order valence-corrected chi connectivity index (χ2v) is 11.5. The van der Waals surface area contributed by atoms with E-state index in [1.54, 1.807) is 0 Å². The minimum atomic E-state index is -0.111. The number of halogens is 1. The number of ketones is 1. The summed E-state index contributed by atoms with van der Waals surface area (Å²) in [4.78, 5) is 13.5. The van der Waals surface area contributed by atoms with Gasteiger partial charge in [-0.1, -0.05) is 54.8 Å². The van der Waals surface area contributed by atoms with Crippen LogP contribution in [-0.4, -0.2) is 5.78 Å². The third-order valence-electron chi connectivity index (χ3n) is 9.43. The zero-order valence-corrected chi connectivity index (χ0v) is 18.9. The molecule has 0 aliphatic heterocycles. The van der Waals surface area contributed by atoms with Gasteiger partial charge in [-0.05, 0) is 103 Å². The smallest absolute Gasteiger partial charge is 0.165 e. The van der Waals surface area contributed by atoms with Crippen molar-refractivity contribution in [2.45, 2.75) is 71.6 Å². The van der Waals surface area contributed by atoms with Crippen molar-refractivity contribution in [2.75, 3.05) is 0 Å². The van der Waals surface area contributed by atoms with Crippen LogP contribution < -0.4 is 0 Å². The average Bonchev–Trinajstić information content (AvgIpc) is 2.94. The van der Waals surface area contributed by atoms with E-state index < -0.39 is 0 Å². The van der Waals surface area contributed by atoms with Crippen LogP contribution in [0.25, 0.3) is 6.08 Å². The van der Waals surface area contributed by atoms with Crippen molar-refractivity contribution < 1.29 is 4.79 Å². The molecule has 0 saturated heterocycles. The predicted octanol–water partition coefficient (Wildman–Crippen LogP) is 7.44. The van der Waals surface area contributed by atoms with Crippen molar-refractivity contribution in [3.05, 3.63) is 39.9 Å². The lowest BCUT2D eigenvalue weighted by Crippen LogP contribution is -2.52. The van der Waals surface area contributed by atoms with Gasteiger partial charge in [-0.2, -0.15) is 0 Å². The first-order chi connectivity index (χ1) is 13.4. The van der Waals surface area contributed by atoms with Crippen molar-refractivity contribution in [3.8, 4) is 0 Å². The molecule has 1 aromatic carbocycles. The molecule has 150 valence electrons. The second-order valence-electron chi connectivity index (χ2n) is 10.6. The van der Waals surface area contributed by atoms with E-state index in [0.717, 1.165) is 46.2 Å². The minimum Gasteiger partial charge on any atom is -0.294 e. The van der Waals surface area contributed by atoms with Crippen molar-refractivity contribution in [1.82, 2.24) is 0 Å². The first kappa shape index (κ1) is 19.1. The van der Waals surface area contributed by atoms with Crippen LogP contribution in [0.3, 0.4) is 0 Å². The Morgan fingerprint density at radius 3 is 2.54 bits per heavy atom. The van der Waals surface area contributed by atoms with Crippen molar-refractivity contribution in [1.29, 1.82) is 0 Å². The number of hydrogen-bond donors (Lipinski definition) is 0. The van der Waals surface area contributed by atoms with Crippen molar-refractivity contribution in [3.63, 3.8) is 0 Å². The molecular formula is C26H33BrO. The highest BCUT2D eigenvalue weighted by molar-refractivity contribution is 9.10. The minimum absolute atomic E-state index is 0.111. The van der Waals surface area contributed by atoms with Crippen LogP contribution in [0.2, 0.25) is 0 Å². The summed E-state index contributed by atoms with van der Waals surface area (Å²) < 4.78 is 1.09. The van der Waals surface area contributed by atoms with Crippen LogP contribution in [0.4, 0.5) is 0 Å². The lowest BCUT2D eigenvalue weighted by Gasteiger charge is -2.59. The molecule has 0 heterocycles. The summed E-state index contributed by atoms with van der Waals surface area (Å²) in [5.74, 6) is 3.58. The Morgan fingerprint density at radius 2 is 1.75 bits per heavy atom. The fourth-order valence-electron chi connectivity index (χ4n) is 7.85. The molecule has 1 nitrogen and oxygen atoms in total. The van der Waals surface area contributed by atoms with E-state index in [0.29, 0.717) is 17.1 Å². The average molecular weight is 441 g/mol. The lowest BCUT2D eigenvalue weighted by molar-refractivity contribution is -0.137. The topological polar surface area (TPSA) is 17.1 Å². The molecule has 0 bridgehead atoms. The molecule has 4 aliphatic carbocycles. The van der Waals surface area contributed by atoms with Gasteiger partial charge in [-0.3, -0.25) is 4.79 Å². The summed E-state index contributed by atoms with van der Waals surface area (Å²) in [5.41, 5.74) is 2.68. The maximum atomic E-state index is 13.5. The van der Waals surface area contributed by atoms with E-state index in [1.807, 2.05) is 0 Å². The Bertz CT molecular complexity index is 808. The number of carbonyl (C=O) groups is 1. The largest absolute Gasteiger partial charge is 0.294 e. The summed E-state index contributed by atoms with van der Waals surface area (Å²) in [7, 11) is 0. The molecule has 0 N–H and O–H groups in total. The van der Waals surface area contributed by atoms with Crippen molar-refractivity contribution in [2.24, 2.45) is 34.5 Å². The molecule has 4 aliphatic rings. The molecule has 0 spiro atoms. The summed E-state index contributed by atoms with van der Waals surface area (Å²) in [5, 5.41) is 0. The highest BCUT2D eigenvalue weighted by Crippen LogP contribution is 2.66. The van der Waals surface area contributed by atoms with Gasteiger partial charge in [-0.25, -0.2) is 0 Å². The standard InChI is InChI=1S/C26H33BrO/c1-25-13-4-3-5-19(25)8-11-21-22(25)12-14-26(2)23(21)16-18(24(26)28)15-17-6-9-20(27)10-7-17/h6-7,9-10,15,19,21-23H,3-5,8,11-14,16H2,1-2H3/b18-15+/t19-,21-,22+,23+,25+,26+/m1/s1. The quantitative estimate of drug-likeness (QED) is 0.414. The summed E-state index contributed by atoms with van der Waals surface area (Å²) >= 11 is 3.51. The van der Waals surface area contributed by atoms with Crippen LogP contribution >= 0.6 is 15.9 Å². The Labute approximate surface area is 178 Å². The van der Waals surface area contributed by atoms with Crippen LogP contribution in [0, 0.1) is 34.5 Å². The van der Waals surface area contributed by atoms with Gasteiger partial charge < -0.3 is 0 Å². The zero-order valence-electron chi connectivity index (χ0n) is 17.3. The van der Waals surface area contributed by atoms with E-state index in [2.05, 4.69) is 60.1 Å². The molecule has 0 aromatic heterocycles. The van der Waals surface area contributed by atoms with Crippen molar-refractivity contribution >= 4 is 27.8 Å². The molecule has 4 fully saturated rings. The molecule has 4 saturated carbocycles. The number of Topliss-reactive ketones (excluding diaryl/α,β-unsaturated/α-hetero) is 1. The summed E-state index contributed by atoms with van der Waals surface area (Å²) in [6, 6.07) is 8.38. The fourth-order valence-corrected chi connectivity index (χ4v) is 8.12. The number of benzene rings is 1. The number of carbonyl (C=O) groups excluding carboxylic acids is 1. The zero-order chi connectivity index (χ0) is 19.5. The predicted molar refractivity (Wildman–Crippen MR) is 119 cm³/mol. The van der Waals surface area contributed by atoms with Crippen LogP contribution in [0.15, 0.2) is 34.3 Å². The maximum absolute atomic E-state index is 13.5. The third kappa shape index (κ3) is 2.81. The van der Waals surface area contributed by atoms with Gasteiger partial charge in [0, 0.05) is 9.89 Å². The SMILES string of the molecule is C[C@]12CCCC[C@@H]1CC[C@@H]1[C@@H]2CC[C@]2(C)C(=O)/C(=C/c3ccc(Br)cc3)C[C@@H]12. The van der Waals surface area contributed by atoms with E-state index >= 15 is 0 Å². The van der Waals surface area contributed by atoms with E-state index in [9.17, 15) is 4.79 Å². The highest BCUT2D eigenvalue weighted by atomic mass is 79.9. The maximum Gasteiger partial charge on any atom is 0.165 e. The Morgan fingerprint density at radius 1 is 0.964 bits per heavy atom. The highest BCUT2D eigenvalue weighted by Gasteiger charge is 2.60. The molecule has 0 amide bonds. The lowest BCUT2D eigenvalue weighted by atomic mass is 9.45. The van der Waals surface area contributed by atoms with Crippen LogP contribution in [-0.2, 0) is 4.79 Å². The first-order valence-electron chi connectivity index (χ1n) is 11.4. The molecule has 28 heavy (non-hydrogen) atoms. The molecule has 2 heteroatoms. The van der Waals surface area contributed by atoms with E-state index in [4.69, 9.17) is 0 Å². The molecular weight excluding hydrogens is 408 g/mol. The fraction of sp³-hybridized carbons (Fsp3) is 0.654. The summed E-state index contributed by atoms with van der Waals surface area (Å²) in [6.07, 6.45) is 14.1. The number of fused-ring (bicyclic) bond motifs is 5. The number of hydrogen-bond acceptors (Lipinski definition) is 1. The number of rotatable bonds is 1. The Hall–Kier alpha value is -0.890. The van der Waals surface area contributed by atoms with Gasteiger partial charge in [0.25, 0.3) is 0 Å². The van der Waals surface area contributed by atoms with E-state index in [-0.39, 0.29) is 5.41 Å². The van der Waals surface area contributed by atoms with Gasteiger partial charge in [0.15, 0.2) is 5.78 Å². The second kappa shape index (κ2) is 6.83. The van der Waals surface area contributed by atoms with Crippen LogP contribution in [0.5, 0.6) is 0 Å². The van der Waals surface area contributed by atoms with Gasteiger partial charge in [0.05, 0.1) is 0 Å². The van der Waals surface area contributed by atoms with Crippen LogP contribution in [0.1, 0.15) is 77.2 Å². The Kier molecular flexibility index (Phi) is 4.66. The first-order valence-corrected chi connectivity index (χ1v) is 12.2. The third-order valence-corrected chi connectivity index (χ3v) is 9.96. The molecule has 0 radical (unpaired) electrons. The summed E-state index contributed by atoms with van der Waals surface area (Å²) in [6.45, 7) is 4.92. The normalized spacial score (nSPS) is 44.1. The molecule has 6 atom stereocenters. The monoisotopic (exact) mass is 440 g/mol.